The molecule has 0 aliphatic rings. The minimum absolute atomic E-state index is 0.152. The molecule has 0 unspecified atom stereocenters. The van der Waals surface area contributed by atoms with Gasteiger partial charge in [0, 0.05) is 28.1 Å². The molecule has 0 bridgehead atoms. The van der Waals surface area contributed by atoms with E-state index in [9.17, 15) is 4.79 Å². The molecule has 0 aliphatic carbocycles. The average Bonchev–Trinajstić information content (AvgIpc) is 2.65. The second-order valence-corrected chi connectivity index (χ2v) is 5.73. The first-order chi connectivity index (χ1) is 8.58. The van der Waals surface area contributed by atoms with Crippen LogP contribution in [-0.2, 0) is 11.3 Å². The maximum atomic E-state index is 10.5. The molecule has 0 amide bonds. The third-order valence-electron chi connectivity index (χ3n) is 2.72. The number of carbonyl (C=O) groups is 1. The van der Waals surface area contributed by atoms with E-state index < -0.39 is 5.97 Å². The van der Waals surface area contributed by atoms with Crippen LogP contribution in [0.25, 0.3) is 10.1 Å². The van der Waals surface area contributed by atoms with Crippen LogP contribution in [0.1, 0.15) is 11.3 Å². The number of carboxylic acids is 1. The summed E-state index contributed by atoms with van der Waals surface area (Å²) < 4.78 is 1.17. The molecule has 5 heteroatoms. The van der Waals surface area contributed by atoms with Crippen molar-refractivity contribution in [1.82, 2.24) is 4.90 Å². The van der Waals surface area contributed by atoms with Gasteiger partial charge in [0.25, 0.3) is 0 Å². The van der Waals surface area contributed by atoms with E-state index >= 15 is 0 Å². The SMILES string of the molecule is CN(CCC(=O)O)Cc1sc2ccccc2c1Cl. The van der Waals surface area contributed by atoms with Gasteiger partial charge in [-0.15, -0.1) is 11.3 Å². The van der Waals surface area contributed by atoms with E-state index in [0.717, 1.165) is 15.3 Å². The quantitative estimate of drug-likeness (QED) is 0.913. The summed E-state index contributed by atoms with van der Waals surface area (Å²) in [6, 6.07) is 8.02. The molecule has 0 saturated heterocycles. The van der Waals surface area contributed by atoms with Crippen molar-refractivity contribution in [3.05, 3.63) is 34.2 Å². The molecule has 96 valence electrons. The summed E-state index contributed by atoms with van der Waals surface area (Å²) in [5, 5.41) is 10.5. The minimum Gasteiger partial charge on any atom is -0.481 e. The fraction of sp³-hybridized carbons (Fsp3) is 0.308. The summed E-state index contributed by atoms with van der Waals surface area (Å²) in [5.41, 5.74) is 0. The Morgan fingerprint density at radius 1 is 1.44 bits per heavy atom. The van der Waals surface area contributed by atoms with Crippen LogP contribution < -0.4 is 0 Å². The molecule has 1 N–H and O–H groups in total. The van der Waals surface area contributed by atoms with Crippen molar-refractivity contribution in [3.8, 4) is 0 Å². The fourth-order valence-electron chi connectivity index (χ4n) is 1.78. The molecule has 1 aromatic carbocycles. The Morgan fingerprint density at radius 3 is 2.83 bits per heavy atom. The largest absolute Gasteiger partial charge is 0.481 e. The van der Waals surface area contributed by atoms with Crippen molar-refractivity contribution in [1.29, 1.82) is 0 Å². The normalized spacial score (nSPS) is 11.3. The first-order valence-electron chi connectivity index (χ1n) is 5.64. The maximum Gasteiger partial charge on any atom is 0.304 e. The second-order valence-electron chi connectivity index (χ2n) is 4.22. The van der Waals surface area contributed by atoms with Crippen LogP contribution in [0.2, 0.25) is 5.02 Å². The molecule has 18 heavy (non-hydrogen) atoms. The van der Waals surface area contributed by atoms with Crippen LogP contribution in [0.3, 0.4) is 0 Å². The zero-order valence-corrected chi connectivity index (χ0v) is 11.6. The third-order valence-corrected chi connectivity index (χ3v) is 4.42. The standard InChI is InChI=1S/C13H14ClNO2S/c1-15(7-6-12(16)17)8-11-13(14)9-4-2-3-5-10(9)18-11/h2-5H,6-8H2,1H3,(H,16,17). The highest BCUT2D eigenvalue weighted by Gasteiger charge is 2.12. The molecule has 0 fully saturated rings. The second kappa shape index (κ2) is 5.69. The Bertz CT molecular complexity index is 567. The number of benzene rings is 1. The smallest absolute Gasteiger partial charge is 0.304 e. The summed E-state index contributed by atoms with van der Waals surface area (Å²) in [4.78, 5) is 13.6. The number of aliphatic carboxylic acids is 1. The summed E-state index contributed by atoms with van der Waals surface area (Å²) in [6.07, 6.45) is 0.152. The Labute approximate surface area is 115 Å². The number of halogens is 1. The summed E-state index contributed by atoms with van der Waals surface area (Å²) in [5.74, 6) is -0.774. The highest BCUT2D eigenvalue weighted by molar-refractivity contribution is 7.19. The molecule has 3 nitrogen and oxygen atoms in total. The van der Waals surface area contributed by atoms with Crippen molar-refractivity contribution >= 4 is 39.0 Å². The van der Waals surface area contributed by atoms with Crippen LogP contribution in [0, 0.1) is 0 Å². The first-order valence-corrected chi connectivity index (χ1v) is 6.83. The lowest BCUT2D eigenvalue weighted by Gasteiger charge is -2.14. The average molecular weight is 284 g/mol. The molecule has 0 atom stereocenters. The molecule has 1 heterocycles. The van der Waals surface area contributed by atoms with Crippen molar-refractivity contribution in [2.45, 2.75) is 13.0 Å². The lowest BCUT2D eigenvalue weighted by atomic mass is 10.2. The van der Waals surface area contributed by atoms with Gasteiger partial charge in [0.05, 0.1) is 11.4 Å². The van der Waals surface area contributed by atoms with Crippen LogP contribution in [-0.4, -0.2) is 29.6 Å². The van der Waals surface area contributed by atoms with E-state index in [1.807, 2.05) is 36.2 Å². The van der Waals surface area contributed by atoms with Gasteiger partial charge in [-0.1, -0.05) is 29.8 Å². The maximum absolute atomic E-state index is 10.5. The Morgan fingerprint density at radius 2 is 2.17 bits per heavy atom. The number of hydrogen-bond acceptors (Lipinski definition) is 3. The van der Waals surface area contributed by atoms with Gasteiger partial charge < -0.3 is 10.0 Å². The van der Waals surface area contributed by atoms with Crippen LogP contribution in [0.5, 0.6) is 0 Å². The first kappa shape index (κ1) is 13.3. The van der Waals surface area contributed by atoms with E-state index in [0.29, 0.717) is 13.1 Å². The van der Waals surface area contributed by atoms with E-state index in [2.05, 4.69) is 0 Å². The molecule has 2 rings (SSSR count). The number of fused-ring (bicyclic) bond motifs is 1. The summed E-state index contributed by atoms with van der Waals surface area (Å²) in [6.45, 7) is 1.21. The van der Waals surface area contributed by atoms with Gasteiger partial charge in [-0.3, -0.25) is 4.79 Å². The topological polar surface area (TPSA) is 40.5 Å². The van der Waals surface area contributed by atoms with Gasteiger partial charge >= 0.3 is 5.97 Å². The predicted octanol–water partition coefficient (Wildman–Crippen LogP) is 3.46. The van der Waals surface area contributed by atoms with Gasteiger partial charge in [-0.05, 0) is 13.1 Å². The predicted molar refractivity (Wildman–Crippen MR) is 75.4 cm³/mol. The number of hydrogen-bond donors (Lipinski definition) is 1. The van der Waals surface area contributed by atoms with E-state index in [4.69, 9.17) is 16.7 Å². The van der Waals surface area contributed by atoms with Crippen LogP contribution in [0.4, 0.5) is 0 Å². The van der Waals surface area contributed by atoms with Crippen molar-refractivity contribution in [2.24, 2.45) is 0 Å². The number of carboxylic acid groups (broad SMARTS) is 1. The minimum atomic E-state index is -0.774. The Kier molecular flexibility index (Phi) is 4.22. The molecule has 0 saturated carbocycles. The van der Waals surface area contributed by atoms with Gasteiger partial charge in [0.1, 0.15) is 0 Å². The van der Waals surface area contributed by atoms with E-state index in [1.165, 1.54) is 4.70 Å². The Hall–Kier alpha value is -1.10. The zero-order valence-electron chi connectivity index (χ0n) is 10.0. The molecular weight excluding hydrogens is 270 g/mol. The van der Waals surface area contributed by atoms with E-state index in [-0.39, 0.29) is 6.42 Å². The van der Waals surface area contributed by atoms with Gasteiger partial charge in [0.2, 0.25) is 0 Å². The van der Waals surface area contributed by atoms with Crippen LogP contribution in [0.15, 0.2) is 24.3 Å². The molecule has 2 aromatic rings. The molecular formula is C13H14ClNO2S. The van der Waals surface area contributed by atoms with Crippen LogP contribution >= 0.6 is 22.9 Å². The van der Waals surface area contributed by atoms with Gasteiger partial charge in [-0.25, -0.2) is 0 Å². The molecule has 0 radical (unpaired) electrons. The third kappa shape index (κ3) is 3.02. The Balaban J connectivity index is 2.11. The van der Waals surface area contributed by atoms with Gasteiger partial charge in [-0.2, -0.15) is 0 Å². The zero-order chi connectivity index (χ0) is 13.1. The lowest BCUT2D eigenvalue weighted by molar-refractivity contribution is -0.137. The fourth-order valence-corrected chi connectivity index (χ4v) is 3.35. The summed E-state index contributed by atoms with van der Waals surface area (Å²) in [7, 11) is 1.91. The number of nitrogens with zero attached hydrogens (tertiary/aromatic N) is 1. The highest BCUT2D eigenvalue weighted by atomic mass is 35.5. The summed E-state index contributed by atoms with van der Waals surface area (Å²) >= 11 is 8.00. The monoisotopic (exact) mass is 283 g/mol. The highest BCUT2D eigenvalue weighted by Crippen LogP contribution is 2.35. The van der Waals surface area contributed by atoms with Crippen molar-refractivity contribution in [3.63, 3.8) is 0 Å². The van der Waals surface area contributed by atoms with Crippen molar-refractivity contribution in [2.75, 3.05) is 13.6 Å². The molecule has 0 aliphatic heterocycles. The van der Waals surface area contributed by atoms with E-state index in [1.54, 1.807) is 11.3 Å². The number of rotatable bonds is 5. The molecule has 0 spiro atoms. The van der Waals surface area contributed by atoms with Gasteiger partial charge in [0.15, 0.2) is 0 Å². The molecule has 1 aromatic heterocycles. The lowest BCUT2D eigenvalue weighted by Crippen LogP contribution is -2.20. The number of thiophene rings is 1. The van der Waals surface area contributed by atoms with Crippen molar-refractivity contribution < 1.29 is 9.90 Å².